The van der Waals surface area contributed by atoms with Gasteiger partial charge in [-0.05, 0) is 30.3 Å². The standard InChI is InChI=1S/C16H12Cl2N4/c17-13-7-6-12(8-14(13)18)22-16-9-15(19-10-20-16)21-11-4-2-1-3-5-11/h1-10H,(H2,19,20,21,22). The van der Waals surface area contributed by atoms with Crippen molar-refractivity contribution in [3.8, 4) is 0 Å². The summed E-state index contributed by atoms with van der Waals surface area (Å²) in [5, 5.41) is 7.38. The minimum atomic E-state index is 0.489. The smallest absolute Gasteiger partial charge is 0.135 e. The fourth-order valence-electron chi connectivity index (χ4n) is 1.89. The van der Waals surface area contributed by atoms with Gasteiger partial charge in [0, 0.05) is 17.4 Å². The number of rotatable bonds is 4. The Morgan fingerprint density at radius 3 is 2.05 bits per heavy atom. The molecule has 3 aromatic rings. The number of anilines is 4. The van der Waals surface area contributed by atoms with Crippen LogP contribution < -0.4 is 10.6 Å². The van der Waals surface area contributed by atoms with E-state index >= 15 is 0 Å². The van der Waals surface area contributed by atoms with Gasteiger partial charge in [-0.15, -0.1) is 0 Å². The number of hydrogen-bond donors (Lipinski definition) is 2. The van der Waals surface area contributed by atoms with E-state index in [1.54, 1.807) is 12.1 Å². The molecule has 0 aliphatic carbocycles. The summed E-state index contributed by atoms with van der Waals surface area (Å²) in [7, 11) is 0. The van der Waals surface area contributed by atoms with Crippen LogP contribution >= 0.6 is 23.2 Å². The summed E-state index contributed by atoms with van der Waals surface area (Å²) < 4.78 is 0. The van der Waals surface area contributed by atoms with Crippen molar-refractivity contribution in [2.75, 3.05) is 10.6 Å². The third-order valence-electron chi connectivity index (χ3n) is 2.91. The molecule has 0 fully saturated rings. The zero-order chi connectivity index (χ0) is 15.4. The van der Waals surface area contributed by atoms with Crippen LogP contribution in [0.5, 0.6) is 0 Å². The first-order chi connectivity index (χ1) is 10.7. The number of nitrogens with zero attached hydrogens (tertiary/aromatic N) is 2. The molecule has 110 valence electrons. The van der Waals surface area contributed by atoms with Crippen LogP contribution in [0.4, 0.5) is 23.0 Å². The predicted molar refractivity (Wildman–Crippen MR) is 91.5 cm³/mol. The van der Waals surface area contributed by atoms with Crippen molar-refractivity contribution in [2.24, 2.45) is 0 Å². The highest BCUT2D eigenvalue weighted by Crippen LogP contribution is 2.27. The molecule has 1 aromatic heterocycles. The van der Waals surface area contributed by atoms with Gasteiger partial charge < -0.3 is 10.6 Å². The third kappa shape index (κ3) is 3.67. The van der Waals surface area contributed by atoms with E-state index in [9.17, 15) is 0 Å². The average Bonchev–Trinajstić information content (AvgIpc) is 2.52. The van der Waals surface area contributed by atoms with E-state index in [4.69, 9.17) is 23.2 Å². The molecule has 0 atom stereocenters. The molecule has 0 radical (unpaired) electrons. The molecule has 2 N–H and O–H groups in total. The minimum Gasteiger partial charge on any atom is -0.340 e. The van der Waals surface area contributed by atoms with Crippen LogP contribution in [0.25, 0.3) is 0 Å². The van der Waals surface area contributed by atoms with E-state index in [0.29, 0.717) is 21.7 Å². The van der Waals surface area contributed by atoms with E-state index in [1.807, 2.05) is 42.5 Å². The van der Waals surface area contributed by atoms with Crippen LogP contribution in [0.15, 0.2) is 60.9 Å². The Morgan fingerprint density at radius 1 is 0.682 bits per heavy atom. The zero-order valence-corrected chi connectivity index (χ0v) is 12.9. The topological polar surface area (TPSA) is 49.8 Å². The van der Waals surface area contributed by atoms with Gasteiger partial charge in [-0.1, -0.05) is 41.4 Å². The monoisotopic (exact) mass is 330 g/mol. The van der Waals surface area contributed by atoms with Crippen molar-refractivity contribution in [1.82, 2.24) is 9.97 Å². The first-order valence-electron chi connectivity index (χ1n) is 6.57. The Kier molecular flexibility index (Phi) is 4.42. The quantitative estimate of drug-likeness (QED) is 0.684. The normalized spacial score (nSPS) is 10.3. The molecule has 0 saturated heterocycles. The maximum Gasteiger partial charge on any atom is 0.135 e. The van der Waals surface area contributed by atoms with E-state index in [2.05, 4.69) is 20.6 Å². The Labute approximate surface area is 138 Å². The summed E-state index contributed by atoms with van der Waals surface area (Å²) in [5.74, 6) is 1.36. The summed E-state index contributed by atoms with van der Waals surface area (Å²) in [6, 6.07) is 16.9. The second-order valence-corrected chi connectivity index (χ2v) is 5.35. The first kappa shape index (κ1) is 14.6. The van der Waals surface area contributed by atoms with Gasteiger partial charge in [-0.25, -0.2) is 9.97 Å². The third-order valence-corrected chi connectivity index (χ3v) is 3.64. The van der Waals surface area contributed by atoms with E-state index < -0.39 is 0 Å². The van der Waals surface area contributed by atoms with Crippen molar-refractivity contribution in [2.45, 2.75) is 0 Å². The number of para-hydroxylation sites is 1. The van der Waals surface area contributed by atoms with Gasteiger partial charge in [0.15, 0.2) is 0 Å². The second-order valence-electron chi connectivity index (χ2n) is 4.53. The molecule has 0 spiro atoms. The number of aromatic nitrogens is 2. The molecule has 1 heterocycles. The van der Waals surface area contributed by atoms with E-state index in [1.165, 1.54) is 6.33 Å². The van der Waals surface area contributed by atoms with Gasteiger partial charge in [-0.2, -0.15) is 0 Å². The largest absolute Gasteiger partial charge is 0.340 e. The van der Waals surface area contributed by atoms with Crippen LogP contribution in [0.2, 0.25) is 10.0 Å². The highest BCUT2D eigenvalue weighted by molar-refractivity contribution is 6.42. The molecular formula is C16H12Cl2N4. The SMILES string of the molecule is Clc1ccc(Nc2cc(Nc3ccccc3)ncn2)cc1Cl. The molecular weight excluding hydrogens is 319 g/mol. The number of halogens is 2. The van der Waals surface area contributed by atoms with Crippen molar-refractivity contribution in [3.05, 3.63) is 71.0 Å². The molecule has 22 heavy (non-hydrogen) atoms. The average molecular weight is 331 g/mol. The van der Waals surface area contributed by atoms with Gasteiger partial charge in [0.25, 0.3) is 0 Å². The predicted octanol–water partition coefficient (Wildman–Crippen LogP) is 5.27. The molecule has 0 amide bonds. The number of nitrogens with one attached hydrogen (secondary N) is 2. The molecule has 6 heteroatoms. The lowest BCUT2D eigenvalue weighted by atomic mass is 10.3. The van der Waals surface area contributed by atoms with Crippen LogP contribution in [0.3, 0.4) is 0 Å². The number of hydrogen-bond acceptors (Lipinski definition) is 4. The van der Waals surface area contributed by atoms with Crippen LogP contribution in [-0.4, -0.2) is 9.97 Å². The summed E-state index contributed by atoms with van der Waals surface area (Å²) in [5.41, 5.74) is 1.76. The Hall–Kier alpha value is -2.30. The molecule has 0 bridgehead atoms. The Morgan fingerprint density at radius 2 is 1.36 bits per heavy atom. The summed E-state index contributed by atoms with van der Waals surface area (Å²) >= 11 is 11.9. The highest BCUT2D eigenvalue weighted by atomic mass is 35.5. The summed E-state index contributed by atoms with van der Waals surface area (Å²) in [4.78, 5) is 8.39. The van der Waals surface area contributed by atoms with Crippen LogP contribution in [0, 0.1) is 0 Å². The summed E-state index contributed by atoms with van der Waals surface area (Å²) in [6.45, 7) is 0. The van der Waals surface area contributed by atoms with Crippen LogP contribution in [-0.2, 0) is 0 Å². The molecule has 3 rings (SSSR count). The number of benzene rings is 2. The Balaban J connectivity index is 1.77. The van der Waals surface area contributed by atoms with Crippen LogP contribution in [0.1, 0.15) is 0 Å². The van der Waals surface area contributed by atoms with Gasteiger partial charge in [-0.3, -0.25) is 0 Å². The lowest BCUT2D eigenvalue weighted by Gasteiger charge is -2.09. The van der Waals surface area contributed by atoms with Crippen molar-refractivity contribution in [3.63, 3.8) is 0 Å². The van der Waals surface area contributed by atoms with Crippen molar-refractivity contribution in [1.29, 1.82) is 0 Å². The maximum absolute atomic E-state index is 6.00. The second kappa shape index (κ2) is 6.64. The van der Waals surface area contributed by atoms with Crippen molar-refractivity contribution >= 4 is 46.2 Å². The van der Waals surface area contributed by atoms with Gasteiger partial charge in [0.2, 0.25) is 0 Å². The first-order valence-corrected chi connectivity index (χ1v) is 7.32. The molecule has 0 aliphatic heterocycles. The highest BCUT2D eigenvalue weighted by Gasteiger charge is 2.03. The van der Waals surface area contributed by atoms with Gasteiger partial charge >= 0.3 is 0 Å². The van der Waals surface area contributed by atoms with E-state index in [-0.39, 0.29) is 0 Å². The van der Waals surface area contributed by atoms with Crippen molar-refractivity contribution < 1.29 is 0 Å². The fourth-order valence-corrected chi connectivity index (χ4v) is 2.18. The molecule has 2 aromatic carbocycles. The molecule has 0 aliphatic rings. The molecule has 0 unspecified atom stereocenters. The fraction of sp³-hybridized carbons (Fsp3) is 0. The lowest BCUT2D eigenvalue weighted by Crippen LogP contribution is -1.98. The van der Waals surface area contributed by atoms with Gasteiger partial charge in [0.1, 0.15) is 18.0 Å². The maximum atomic E-state index is 6.00. The Bertz CT molecular complexity index is 778. The van der Waals surface area contributed by atoms with E-state index in [0.717, 1.165) is 11.4 Å². The molecule has 4 nitrogen and oxygen atoms in total. The summed E-state index contributed by atoms with van der Waals surface area (Å²) in [6.07, 6.45) is 1.49. The van der Waals surface area contributed by atoms with Gasteiger partial charge in [0.05, 0.1) is 10.0 Å². The molecule has 0 saturated carbocycles. The minimum absolute atomic E-state index is 0.489. The lowest BCUT2D eigenvalue weighted by molar-refractivity contribution is 1.17. The zero-order valence-electron chi connectivity index (χ0n) is 11.4.